The quantitative estimate of drug-likeness (QED) is 0.757. The minimum Gasteiger partial charge on any atom is -0.339 e. The van der Waals surface area contributed by atoms with Crippen LogP contribution in [-0.4, -0.2) is 38.4 Å². The van der Waals surface area contributed by atoms with E-state index >= 15 is 0 Å². The molecule has 0 aromatic carbocycles. The SMILES string of the molecule is c1n[nH]c(-c2noc([C@H]3CCCNC3)n2)n1. The van der Waals surface area contributed by atoms with Crippen LogP contribution in [0.5, 0.6) is 0 Å². The third-order valence-corrected chi connectivity index (χ3v) is 2.71. The summed E-state index contributed by atoms with van der Waals surface area (Å²) in [7, 11) is 0. The minimum atomic E-state index is 0.318. The Bertz CT molecular complexity index is 444. The van der Waals surface area contributed by atoms with Gasteiger partial charge in [-0.15, -0.1) is 0 Å². The highest BCUT2D eigenvalue weighted by Crippen LogP contribution is 2.22. The van der Waals surface area contributed by atoms with Crippen LogP contribution >= 0.6 is 0 Å². The summed E-state index contributed by atoms with van der Waals surface area (Å²) in [4.78, 5) is 8.30. The molecule has 1 aliphatic heterocycles. The summed E-state index contributed by atoms with van der Waals surface area (Å²) in [5, 5.41) is 13.7. The Morgan fingerprint density at radius 1 is 1.44 bits per heavy atom. The van der Waals surface area contributed by atoms with Gasteiger partial charge in [0, 0.05) is 6.54 Å². The molecule has 84 valence electrons. The van der Waals surface area contributed by atoms with E-state index in [2.05, 4.69) is 30.6 Å². The lowest BCUT2D eigenvalue weighted by Crippen LogP contribution is -2.28. The lowest BCUT2D eigenvalue weighted by atomic mass is 10.00. The number of piperidine rings is 1. The number of nitrogens with one attached hydrogen (secondary N) is 2. The molecule has 2 aromatic rings. The van der Waals surface area contributed by atoms with Gasteiger partial charge in [-0.3, -0.25) is 5.10 Å². The number of hydrogen-bond donors (Lipinski definition) is 2. The van der Waals surface area contributed by atoms with Crippen LogP contribution in [0.3, 0.4) is 0 Å². The van der Waals surface area contributed by atoms with Crippen LogP contribution < -0.4 is 5.32 Å². The molecule has 2 N–H and O–H groups in total. The third-order valence-electron chi connectivity index (χ3n) is 2.71. The first-order valence-corrected chi connectivity index (χ1v) is 5.33. The van der Waals surface area contributed by atoms with Gasteiger partial charge < -0.3 is 9.84 Å². The molecular weight excluding hydrogens is 208 g/mol. The van der Waals surface area contributed by atoms with Gasteiger partial charge in [0.25, 0.3) is 0 Å². The van der Waals surface area contributed by atoms with Gasteiger partial charge in [-0.05, 0) is 19.4 Å². The van der Waals surface area contributed by atoms with Crippen molar-refractivity contribution in [2.75, 3.05) is 13.1 Å². The molecule has 16 heavy (non-hydrogen) atoms. The number of hydrogen-bond acceptors (Lipinski definition) is 6. The highest BCUT2D eigenvalue weighted by molar-refractivity contribution is 5.39. The minimum absolute atomic E-state index is 0.318. The van der Waals surface area contributed by atoms with Crippen molar-refractivity contribution in [1.82, 2.24) is 30.6 Å². The second-order valence-corrected chi connectivity index (χ2v) is 3.83. The van der Waals surface area contributed by atoms with E-state index in [1.807, 2.05) is 0 Å². The number of aromatic nitrogens is 5. The van der Waals surface area contributed by atoms with Crippen LogP contribution in [-0.2, 0) is 0 Å². The molecule has 0 saturated carbocycles. The monoisotopic (exact) mass is 220 g/mol. The molecule has 3 heterocycles. The first-order chi connectivity index (χ1) is 7.93. The van der Waals surface area contributed by atoms with E-state index in [0.717, 1.165) is 25.9 Å². The maximum absolute atomic E-state index is 5.24. The van der Waals surface area contributed by atoms with E-state index in [4.69, 9.17) is 4.52 Å². The molecule has 1 saturated heterocycles. The Labute approximate surface area is 91.7 Å². The van der Waals surface area contributed by atoms with Gasteiger partial charge in [-0.2, -0.15) is 10.1 Å². The number of nitrogens with zero attached hydrogens (tertiary/aromatic N) is 4. The summed E-state index contributed by atoms with van der Waals surface area (Å²) in [5.74, 6) is 2.01. The van der Waals surface area contributed by atoms with Crippen molar-refractivity contribution < 1.29 is 4.52 Å². The highest BCUT2D eigenvalue weighted by Gasteiger charge is 2.22. The van der Waals surface area contributed by atoms with E-state index < -0.39 is 0 Å². The second kappa shape index (κ2) is 4.01. The second-order valence-electron chi connectivity index (χ2n) is 3.83. The molecule has 0 spiro atoms. The Balaban J connectivity index is 1.82. The van der Waals surface area contributed by atoms with Gasteiger partial charge in [-0.25, -0.2) is 4.98 Å². The van der Waals surface area contributed by atoms with Crippen molar-refractivity contribution in [3.8, 4) is 11.6 Å². The van der Waals surface area contributed by atoms with E-state index in [0.29, 0.717) is 23.5 Å². The fourth-order valence-corrected chi connectivity index (χ4v) is 1.87. The van der Waals surface area contributed by atoms with Crippen molar-refractivity contribution in [2.24, 2.45) is 0 Å². The molecule has 0 unspecified atom stereocenters. The molecule has 0 aliphatic carbocycles. The largest absolute Gasteiger partial charge is 0.339 e. The van der Waals surface area contributed by atoms with Gasteiger partial charge in [0.2, 0.25) is 11.7 Å². The van der Waals surface area contributed by atoms with Crippen LogP contribution in [0.4, 0.5) is 0 Å². The van der Waals surface area contributed by atoms with E-state index in [-0.39, 0.29) is 0 Å². The standard InChI is InChI=1S/C9H12N6O/c1-2-6(4-10-3-1)9-13-8(15-16-9)7-11-5-12-14-7/h5-6,10H,1-4H2,(H,11,12,14)/t6-/m0/s1. The lowest BCUT2D eigenvalue weighted by Gasteiger charge is -2.18. The fourth-order valence-electron chi connectivity index (χ4n) is 1.87. The van der Waals surface area contributed by atoms with Crippen LogP contribution in [0.1, 0.15) is 24.7 Å². The van der Waals surface area contributed by atoms with Crippen molar-refractivity contribution in [2.45, 2.75) is 18.8 Å². The number of aromatic amines is 1. The summed E-state index contributed by atoms with van der Waals surface area (Å²) >= 11 is 0. The topological polar surface area (TPSA) is 92.5 Å². The summed E-state index contributed by atoms with van der Waals surface area (Å²) in [6.07, 6.45) is 3.66. The smallest absolute Gasteiger partial charge is 0.239 e. The first-order valence-electron chi connectivity index (χ1n) is 5.33. The molecule has 1 atom stereocenters. The van der Waals surface area contributed by atoms with Crippen LogP contribution in [0.2, 0.25) is 0 Å². The molecule has 7 heteroatoms. The Morgan fingerprint density at radius 3 is 3.19 bits per heavy atom. The molecular formula is C9H12N6O. The van der Waals surface area contributed by atoms with Gasteiger partial charge in [0.05, 0.1) is 5.92 Å². The van der Waals surface area contributed by atoms with Gasteiger partial charge in [0.1, 0.15) is 6.33 Å². The average molecular weight is 220 g/mol. The van der Waals surface area contributed by atoms with Crippen LogP contribution in [0.25, 0.3) is 11.6 Å². The molecule has 0 bridgehead atoms. The maximum Gasteiger partial charge on any atom is 0.239 e. The van der Waals surface area contributed by atoms with Crippen molar-refractivity contribution in [3.63, 3.8) is 0 Å². The third kappa shape index (κ3) is 1.69. The zero-order chi connectivity index (χ0) is 10.8. The van der Waals surface area contributed by atoms with E-state index in [1.165, 1.54) is 6.33 Å². The Kier molecular flexibility index (Phi) is 2.37. The molecule has 7 nitrogen and oxygen atoms in total. The fraction of sp³-hybridized carbons (Fsp3) is 0.556. The summed E-state index contributed by atoms with van der Waals surface area (Å²) in [6.45, 7) is 1.97. The van der Waals surface area contributed by atoms with Crippen molar-refractivity contribution in [1.29, 1.82) is 0 Å². The molecule has 3 rings (SSSR count). The summed E-state index contributed by atoms with van der Waals surface area (Å²) in [6, 6.07) is 0. The van der Waals surface area contributed by atoms with Crippen LogP contribution in [0, 0.1) is 0 Å². The molecule has 0 amide bonds. The summed E-state index contributed by atoms with van der Waals surface area (Å²) < 4.78 is 5.24. The maximum atomic E-state index is 5.24. The molecule has 1 aliphatic rings. The van der Waals surface area contributed by atoms with Gasteiger partial charge in [-0.1, -0.05) is 5.16 Å². The number of H-pyrrole nitrogens is 1. The highest BCUT2D eigenvalue weighted by atomic mass is 16.5. The molecule has 2 aromatic heterocycles. The zero-order valence-electron chi connectivity index (χ0n) is 8.68. The predicted molar refractivity (Wildman–Crippen MR) is 54.5 cm³/mol. The zero-order valence-corrected chi connectivity index (χ0v) is 8.68. The van der Waals surface area contributed by atoms with Crippen LogP contribution in [0.15, 0.2) is 10.9 Å². The Hall–Kier alpha value is -1.76. The first kappa shape index (κ1) is 9.46. The lowest BCUT2D eigenvalue weighted by molar-refractivity contribution is 0.322. The molecule has 1 fully saturated rings. The normalized spacial score (nSPS) is 21.1. The Morgan fingerprint density at radius 2 is 2.44 bits per heavy atom. The van der Waals surface area contributed by atoms with E-state index in [1.54, 1.807) is 0 Å². The molecule has 0 radical (unpaired) electrons. The van der Waals surface area contributed by atoms with E-state index in [9.17, 15) is 0 Å². The van der Waals surface area contributed by atoms with Gasteiger partial charge >= 0.3 is 0 Å². The predicted octanol–water partition coefficient (Wildman–Crippen LogP) is 0.322. The van der Waals surface area contributed by atoms with Crippen molar-refractivity contribution >= 4 is 0 Å². The van der Waals surface area contributed by atoms with Gasteiger partial charge in [0.15, 0.2) is 5.82 Å². The average Bonchev–Trinajstić information content (AvgIpc) is 3.01. The van der Waals surface area contributed by atoms with Crippen molar-refractivity contribution in [3.05, 3.63) is 12.2 Å². The number of rotatable bonds is 2. The summed E-state index contributed by atoms with van der Waals surface area (Å²) in [5.41, 5.74) is 0.